The average molecular weight is 332 g/mol. The number of aryl methyl sites for hydroxylation is 1. The maximum absolute atomic E-state index is 13.0. The fraction of sp³-hybridized carbons (Fsp3) is 0.444. The summed E-state index contributed by atoms with van der Waals surface area (Å²) >= 11 is 1.56. The van der Waals surface area contributed by atoms with Crippen LogP contribution >= 0.6 is 11.3 Å². The van der Waals surface area contributed by atoms with Crippen molar-refractivity contribution in [3.63, 3.8) is 0 Å². The zero-order valence-electron chi connectivity index (χ0n) is 13.0. The molecule has 1 N–H and O–H groups in total. The van der Waals surface area contributed by atoms with Gasteiger partial charge >= 0.3 is 0 Å². The summed E-state index contributed by atoms with van der Waals surface area (Å²) in [4.78, 5) is 16.2. The van der Waals surface area contributed by atoms with E-state index in [4.69, 9.17) is 0 Å². The van der Waals surface area contributed by atoms with Gasteiger partial charge in [0.15, 0.2) is 0 Å². The molecule has 5 heteroatoms. The molecule has 1 heterocycles. The molecule has 0 unspecified atom stereocenters. The first-order chi connectivity index (χ1) is 11.2. The van der Waals surface area contributed by atoms with E-state index in [2.05, 4.69) is 10.3 Å². The van der Waals surface area contributed by atoms with Gasteiger partial charge in [0.2, 0.25) is 5.91 Å². The summed E-state index contributed by atoms with van der Waals surface area (Å²) in [6, 6.07) is 7.10. The highest BCUT2D eigenvalue weighted by molar-refractivity contribution is 7.07. The average Bonchev–Trinajstić information content (AvgIpc) is 3.08. The lowest BCUT2D eigenvalue weighted by Gasteiger charge is -2.29. The molecule has 0 spiro atoms. The van der Waals surface area contributed by atoms with Gasteiger partial charge in [0.1, 0.15) is 5.82 Å². The molecule has 1 aromatic heterocycles. The van der Waals surface area contributed by atoms with Crippen LogP contribution in [0, 0.1) is 5.82 Å². The molecule has 1 fully saturated rings. The highest BCUT2D eigenvalue weighted by Crippen LogP contribution is 2.32. The van der Waals surface area contributed by atoms with Crippen molar-refractivity contribution in [3.05, 3.63) is 52.2 Å². The van der Waals surface area contributed by atoms with Gasteiger partial charge in [-0.15, -0.1) is 11.3 Å². The molecule has 2 aromatic rings. The van der Waals surface area contributed by atoms with Gasteiger partial charge in [-0.25, -0.2) is 9.37 Å². The van der Waals surface area contributed by atoms with Gasteiger partial charge in [-0.1, -0.05) is 12.1 Å². The summed E-state index contributed by atoms with van der Waals surface area (Å²) in [5.74, 6) is 0.414. The molecule has 1 aliphatic carbocycles. The minimum atomic E-state index is -0.185. The molecule has 1 amide bonds. The summed E-state index contributed by atoms with van der Waals surface area (Å²) in [5, 5.41) is 5.13. The van der Waals surface area contributed by atoms with Crippen molar-refractivity contribution in [1.29, 1.82) is 0 Å². The molecule has 3 nitrogen and oxygen atoms in total. The number of nitrogens with one attached hydrogen (secondary N) is 1. The molecule has 122 valence electrons. The van der Waals surface area contributed by atoms with E-state index in [1.165, 1.54) is 17.7 Å². The SMILES string of the molecule is O=C(CCc1cscn1)NC1CCC(c2ccc(F)cc2)CC1. The van der Waals surface area contributed by atoms with Gasteiger partial charge in [-0.3, -0.25) is 4.79 Å². The monoisotopic (exact) mass is 332 g/mol. The van der Waals surface area contributed by atoms with E-state index in [9.17, 15) is 9.18 Å². The topological polar surface area (TPSA) is 42.0 Å². The molecular formula is C18H21FN2OS. The number of thiazole rings is 1. The standard InChI is InChI=1S/C18H21FN2OS/c19-15-5-1-13(2-6-15)14-3-7-16(8-4-14)21-18(22)10-9-17-11-23-12-20-17/h1-2,5-6,11-12,14,16H,3-4,7-10H2,(H,21,22). The number of benzene rings is 1. The third kappa shape index (κ3) is 4.61. The Kier molecular flexibility index (Phi) is 5.39. The first-order valence-corrected chi connectivity index (χ1v) is 9.07. The molecule has 0 saturated heterocycles. The first-order valence-electron chi connectivity index (χ1n) is 8.12. The summed E-state index contributed by atoms with van der Waals surface area (Å²) in [6.45, 7) is 0. The number of amides is 1. The molecule has 0 bridgehead atoms. The van der Waals surface area contributed by atoms with Crippen molar-refractivity contribution in [3.8, 4) is 0 Å². The van der Waals surface area contributed by atoms with Gasteiger partial charge in [0, 0.05) is 17.8 Å². The Labute approximate surface area is 140 Å². The molecule has 23 heavy (non-hydrogen) atoms. The Morgan fingerprint density at radius 2 is 1.96 bits per heavy atom. The smallest absolute Gasteiger partial charge is 0.220 e. The minimum Gasteiger partial charge on any atom is -0.353 e. The van der Waals surface area contributed by atoms with Crippen molar-refractivity contribution >= 4 is 17.2 Å². The number of hydrogen-bond donors (Lipinski definition) is 1. The van der Waals surface area contributed by atoms with Crippen molar-refractivity contribution in [1.82, 2.24) is 10.3 Å². The van der Waals surface area contributed by atoms with Crippen LogP contribution in [-0.4, -0.2) is 16.9 Å². The van der Waals surface area contributed by atoms with E-state index >= 15 is 0 Å². The molecule has 0 aliphatic heterocycles. The van der Waals surface area contributed by atoms with E-state index in [0.29, 0.717) is 18.8 Å². The number of carbonyl (C=O) groups excluding carboxylic acids is 1. The zero-order chi connectivity index (χ0) is 16.1. The predicted octanol–water partition coefficient (Wildman–Crippen LogP) is 4.06. The quantitative estimate of drug-likeness (QED) is 0.897. The number of nitrogens with zero attached hydrogens (tertiary/aromatic N) is 1. The first kappa shape index (κ1) is 16.1. The van der Waals surface area contributed by atoms with Crippen LogP contribution < -0.4 is 5.32 Å². The molecule has 3 rings (SSSR count). The Balaban J connectivity index is 1.42. The summed E-state index contributed by atoms with van der Waals surface area (Å²) in [7, 11) is 0. The normalized spacial score (nSPS) is 21.1. The highest BCUT2D eigenvalue weighted by Gasteiger charge is 2.23. The zero-order valence-corrected chi connectivity index (χ0v) is 13.8. The van der Waals surface area contributed by atoms with Crippen molar-refractivity contribution in [2.75, 3.05) is 0 Å². The van der Waals surface area contributed by atoms with Crippen LogP contribution in [0.5, 0.6) is 0 Å². The molecular weight excluding hydrogens is 311 g/mol. The largest absolute Gasteiger partial charge is 0.353 e. The minimum absolute atomic E-state index is 0.114. The van der Waals surface area contributed by atoms with Crippen LogP contribution in [0.2, 0.25) is 0 Å². The second-order valence-electron chi connectivity index (χ2n) is 6.15. The Bertz CT molecular complexity index is 619. The van der Waals surface area contributed by atoms with Crippen LogP contribution in [0.4, 0.5) is 4.39 Å². The van der Waals surface area contributed by atoms with Crippen LogP contribution in [0.3, 0.4) is 0 Å². The molecule has 0 radical (unpaired) electrons. The van der Waals surface area contributed by atoms with Gasteiger partial charge in [0.05, 0.1) is 11.2 Å². The fourth-order valence-corrected chi connectivity index (χ4v) is 3.80. The number of halogens is 1. The lowest BCUT2D eigenvalue weighted by molar-refractivity contribution is -0.122. The van der Waals surface area contributed by atoms with E-state index in [1.807, 2.05) is 17.5 Å². The Morgan fingerprint density at radius 1 is 1.22 bits per heavy atom. The Morgan fingerprint density at radius 3 is 2.61 bits per heavy atom. The van der Waals surface area contributed by atoms with E-state index in [-0.39, 0.29) is 17.8 Å². The summed E-state index contributed by atoms with van der Waals surface area (Å²) < 4.78 is 13.0. The van der Waals surface area contributed by atoms with Gasteiger partial charge in [-0.05, 0) is 55.7 Å². The van der Waals surface area contributed by atoms with Crippen molar-refractivity contribution in [2.45, 2.75) is 50.5 Å². The van der Waals surface area contributed by atoms with Crippen LogP contribution in [0.1, 0.15) is 49.3 Å². The summed E-state index contributed by atoms with van der Waals surface area (Å²) in [6.07, 6.45) is 5.28. The van der Waals surface area contributed by atoms with Crippen LogP contribution in [0.15, 0.2) is 35.2 Å². The maximum atomic E-state index is 13.0. The van der Waals surface area contributed by atoms with E-state index < -0.39 is 0 Å². The molecule has 1 aliphatic rings. The lowest BCUT2D eigenvalue weighted by atomic mass is 9.81. The second-order valence-corrected chi connectivity index (χ2v) is 6.87. The van der Waals surface area contributed by atoms with Gasteiger partial charge in [0.25, 0.3) is 0 Å². The number of carbonyl (C=O) groups is 1. The molecule has 0 atom stereocenters. The third-order valence-corrected chi connectivity index (χ3v) is 5.16. The van der Waals surface area contributed by atoms with Crippen molar-refractivity contribution in [2.24, 2.45) is 0 Å². The van der Waals surface area contributed by atoms with Crippen LogP contribution in [0.25, 0.3) is 0 Å². The third-order valence-electron chi connectivity index (χ3n) is 4.53. The number of aromatic nitrogens is 1. The van der Waals surface area contributed by atoms with E-state index in [1.54, 1.807) is 16.8 Å². The van der Waals surface area contributed by atoms with Gasteiger partial charge < -0.3 is 5.32 Å². The summed E-state index contributed by atoms with van der Waals surface area (Å²) in [5.41, 5.74) is 3.99. The number of hydrogen-bond acceptors (Lipinski definition) is 3. The fourth-order valence-electron chi connectivity index (χ4n) is 3.21. The highest BCUT2D eigenvalue weighted by atomic mass is 32.1. The number of rotatable bonds is 5. The van der Waals surface area contributed by atoms with Crippen molar-refractivity contribution < 1.29 is 9.18 Å². The molecule has 1 aromatic carbocycles. The van der Waals surface area contributed by atoms with Crippen LogP contribution in [-0.2, 0) is 11.2 Å². The lowest BCUT2D eigenvalue weighted by Crippen LogP contribution is -2.37. The second kappa shape index (κ2) is 7.68. The van der Waals surface area contributed by atoms with E-state index in [0.717, 1.165) is 31.4 Å². The Hall–Kier alpha value is -1.75. The molecule has 1 saturated carbocycles. The van der Waals surface area contributed by atoms with Gasteiger partial charge in [-0.2, -0.15) is 0 Å². The predicted molar refractivity (Wildman–Crippen MR) is 90.0 cm³/mol. The maximum Gasteiger partial charge on any atom is 0.220 e.